The quantitative estimate of drug-likeness (QED) is 0.551. The molecule has 0 aliphatic rings. The van der Waals surface area contributed by atoms with E-state index in [4.69, 9.17) is 21.1 Å². The van der Waals surface area contributed by atoms with Crippen LogP contribution in [-0.4, -0.2) is 35.7 Å². The zero-order valence-electron chi connectivity index (χ0n) is 14.5. The number of rotatable bonds is 5. The molecule has 0 saturated heterocycles. The number of hydrogen-bond acceptors (Lipinski definition) is 5. The van der Waals surface area contributed by atoms with Gasteiger partial charge in [-0.1, -0.05) is 11.6 Å². The highest BCUT2D eigenvalue weighted by atomic mass is 35.5. The SMILES string of the molecule is COc1ccc(OC)c(/C=N/NC(=O)c2c(C)nc3ccc(Cl)cn23)c1. The number of hydrazone groups is 1. The highest BCUT2D eigenvalue weighted by Crippen LogP contribution is 2.22. The van der Waals surface area contributed by atoms with Crippen molar-refractivity contribution >= 4 is 29.4 Å². The van der Waals surface area contributed by atoms with E-state index in [0.29, 0.717) is 39.1 Å². The number of hydrogen-bond donors (Lipinski definition) is 1. The fraction of sp³-hybridized carbons (Fsp3) is 0.167. The van der Waals surface area contributed by atoms with Gasteiger partial charge in [-0.05, 0) is 37.3 Å². The van der Waals surface area contributed by atoms with E-state index < -0.39 is 5.91 Å². The Morgan fingerprint density at radius 2 is 2.08 bits per heavy atom. The van der Waals surface area contributed by atoms with Crippen LogP contribution in [0.5, 0.6) is 11.5 Å². The molecule has 0 fully saturated rings. The number of carbonyl (C=O) groups is 1. The van der Waals surface area contributed by atoms with Gasteiger partial charge in [0.2, 0.25) is 0 Å². The molecule has 1 aromatic carbocycles. The molecule has 0 aliphatic heterocycles. The minimum Gasteiger partial charge on any atom is -0.497 e. The molecular formula is C18H17ClN4O3. The number of nitrogens with one attached hydrogen (secondary N) is 1. The summed E-state index contributed by atoms with van der Waals surface area (Å²) in [5.41, 5.74) is 4.77. The van der Waals surface area contributed by atoms with Crippen LogP contribution >= 0.6 is 11.6 Å². The van der Waals surface area contributed by atoms with Gasteiger partial charge in [-0.25, -0.2) is 10.4 Å². The Hall–Kier alpha value is -3.06. The number of carbonyl (C=O) groups excluding carboxylic acids is 1. The van der Waals surface area contributed by atoms with E-state index in [1.807, 2.05) is 0 Å². The topological polar surface area (TPSA) is 77.2 Å². The van der Waals surface area contributed by atoms with E-state index in [9.17, 15) is 4.79 Å². The molecule has 1 amide bonds. The molecule has 0 unspecified atom stereocenters. The first-order chi connectivity index (χ1) is 12.5. The first-order valence-corrected chi connectivity index (χ1v) is 8.11. The van der Waals surface area contributed by atoms with Crippen LogP contribution in [-0.2, 0) is 0 Å². The van der Waals surface area contributed by atoms with Crippen molar-refractivity contribution in [1.29, 1.82) is 0 Å². The molecule has 2 heterocycles. The van der Waals surface area contributed by atoms with Gasteiger partial charge >= 0.3 is 0 Å². The molecular weight excluding hydrogens is 356 g/mol. The average Bonchev–Trinajstić information content (AvgIpc) is 2.96. The van der Waals surface area contributed by atoms with Crippen molar-refractivity contribution in [1.82, 2.24) is 14.8 Å². The number of ether oxygens (including phenoxy) is 2. The van der Waals surface area contributed by atoms with E-state index in [2.05, 4.69) is 15.5 Å². The van der Waals surface area contributed by atoms with Gasteiger partial charge in [0.1, 0.15) is 22.8 Å². The number of nitrogens with zero attached hydrogens (tertiary/aromatic N) is 3. The molecule has 0 bridgehead atoms. The molecule has 0 radical (unpaired) electrons. The lowest BCUT2D eigenvalue weighted by molar-refractivity contribution is 0.0948. The lowest BCUT2D eigenvalue weighted by Crippen LogP contribution is -2.20. The number of pyridine rings is 1. The van der Waals surface area contributed by atoms with Gasteiger partial charge in [-0.2, -0.15) is 5.10 Å². The second-order valence-electron chi connectivity index (χ2n) is 5.43. The van der Waals surface area contributed by atoms with Crippen molar-refractivity contribution in [2.75, 3.05) is 14.2 Å². The van der Waals surface area contributed by atoms with Gasteiger partial charge in [-0.3, -0.25) is 9.20 Å². The highest BCUT2D eigenvalue weighted by Gasteiger charge is 2.16. The second kappa shape index (κ2) is 7.45. The fourth-order valence-corrected chi connectivity index (χ4v) is 2.72. The van der Waals surface area contributed by atoms with E-state index in [0.717, 1.165) is 0 Å². The maximum absolute atomic E-state index is 12.5. The Bertz CT molecular complexity index is 998. The third kappa shape index (κ3) is 3.48. The molecule has 7 nitrogen and oxygen atoms in total. The van der Waals surface area contributed by atoms with Crippen molar-refractivity contribution < 1.29 is 14.3 Å². The summed E-state index contributed by atoms with van der Waals surface area (Å²) >= 11 is 6.02. The van der Waals surface area contributed by atoms with Crippen LogP contribution in [0.1, 0.15) is 21.7 Å². The van der Waals surface area contributed by atoms with Gasteiger partial charge in [0.05, 0.1) is 31.2 Å². The minimum absolute atomic E-state index is 0.372. The maximum Gasteiger partial charge on any atom is 0.290 e. The number of fused-ring (bicyclic) bond motifs is 1. The number of methoxy groups -OCH3 is 2. The number of aromatic nitrogens is 2. The number of amides is 1. The Kier molecular flexibility index (Phi) is 5.09. The molecule has 3 rings (SSSR count). The predicted octanol–water partition coefficient (Wildman–Crippen LogP) is 3.08. The Balaban J connectivity index is 1.85. The van der Waals surface area contributed by atoms with Crippen molar-refractivity contribution in [2.24, 2.45) is 5.10 Å². The summed E-state index contributed by atoms with van der Waals surface area (Å²) in [6.45, 7) is 1.75. The molecule has 8 heteroatoms. The third-order valence-corrected chi connectivity index (χ3v) is 4.00. The number of halogens is 1. The molecule has 26 heavy (non-hydrogen) atoms. The summed E-state index contributed by atoms with van der Waals surface area (Å²) in [4.78, 5) is 16.9. The summed E-state index contributed by atoms with van der Waals surface area (Å²) in [5.74, 6) is 0.878. The van der Waals surface area contributed by atoms with Crippen molar-refractivity contribution in [3.8, 4) is 11.5 Å². The number of aryl methyl sites for hydroxylation is 1. The van der Waals surface area contributed by atoms with Crippen LogP contribution < -0.4 is 14.9 Å². The van der Waals surface area contributed by atoms with Gasteiger partial charge in [-0.15, -0.1) is 0 Å². The Morgan fingerprint density at radius 1 is 1.27 bits per heavy atom. The lowest BCUT2D eigenvalue weighted by Gasteiger charge is -2.07. The number of benzene rings is 1. The van der Waals surface area contributed by atoms with Crippen LogP contribution in [0.15, 0.2) is 41.6 Å². The van der Waals surface area contributed by atoms with Crippen LogP contribution in [0.4, 0.5) is 0 Å². The molecule has 3 aromatic rings. The maximum atomic E-state index is 12.5. The molecule has 0 spiro atoms. The molecule has 1 N–H and O–H groups in total. The smallest absolute Gasteiger partial charge is 0.290 e. The zero-order valence-corrected chi connectivity index (χ0v) is 15.2. The van der Waals surface area contributed by atoms with E-state index in [1.54, 1.807) is 62.1 Å². The summed E-state index contributed by atoms with van der Waals surface area (Å²) in [6, 6.07) is 8.77. The summed E-state index contributed by atoms with van der Waals surface area (Å²) in [6.07, 6.45) is 3.13. The van der Waals surface area contributed by atoms with Crippen molar-refractivity contribution in [3.63, 3.8) is 0 Å². The molecule has 2 aromatic heterocycles. The van der Waals surface area contributed by atoms with Crippen LogP contribution in [0.2, 0.25) is 5.02 Å². The summed E-state index contributed by atoms with van der Waals surface area (Å²) in [5, 5.41) is 4.53. The summed E-state index contributed by atoms with van der Waals surface area (Å²) < 4.78 is 12.1. The molecule has 0 atom stereocenters. The monoisotopic (exact) mass is 372 g/mol. The van der Waals surface area contributed by atoms with Gasteiger partial charge in [0.25, 0.3) is 5.91 Å². The second-order valence-corrected chi connectivity index (χ2v) is 5.86. The first-order valence-electron chi connectivity index (χ1n) is 7.73. The first kappa shape index (κ1) is 17.8. The van der Waals surface area contributed by atoms with Gasteiger partial charge in [0.15, 0.2) is 0 Å². The van der Waals surface area contributed by atoms with E-state index in [1.165, 1.54) is 6.21 Å². The van der Waals surface area contributed by atoms with Crippen LogP contribution in [0, 0.1) is 6.92 Å². The zero-order chi connectivity index (χ0) is 18.7. The van der Waals surface area contributed by atoms with Crippen molar-refractivity contribution in [3.05, 3.63) is 58.5 Å². The van der Waals surface area contributed by atoms with E-state index in [-0.39, 0.29) is 0 Å². The summed E-state index contributed by atoms with van der Waals surface area (Å²) in [7, 11) is 3.13. The normalized spacial score (nSPS) is 11.1. The standard InChI is InChI=1S/C18H17ClN4O3/c1-11-17(23-10-13(19)4-7-16(23)21-11)18(24)22-20-9-12-8-14(25-2)5-6-15(12)26-3/h4-10H,1-3H3,(H,22,24)/b20-9+. The lowest BCUT2D eigenvalue weighted by atomic mass is 10.2. The minimum atomic E-state index is -0.393. The largest absolute Gasteiger partial charge is 0.497 e. The molecule has 0 saturated carbocycles. The average molecular weight is 373 g/mol. The molecule has 134 valence electrons. The van der Waals surface area contributed by atoms with Crippen LogP contribution in [0.3, 0.4) is 0 Å². The van der Waals surface area contributed by atoms with Crippen LogP contribution in [0.25, 0.3) is 5.65 Å². The predicted molar refractivity (Wildman–Crippen MR) is 99.5 cm³/mol. The highest BCUT2D eigenvalue weighted by molar-refractivity contribution is 6.30. The Morgan fingerprint density at radius 3 is 2.81 bits per heavy atom. The fourth-order valence-electron chi connectivity index (χ4n) is 2.56. The van der Waals surface area contributed by atoms with Crippen molar-refractivity contribution in [2.45, 2.75) is 6.92 Å². The number of imidazole rings is 1. The van der Waals surface area contributed by atoms with Gasteiger partial charge in [0, 0.05) is 11.8 Å². The molecule has 0 aliphatic carbocycles. The Labute approximate surface area is 155 Å². The van der Waals surface area contributed by atoms with Gasteiger partial charge < -0.3 is 9.47 Å². The van der Waals surface area contributed by atoms with E-state index >= 15 is 0 Å². The third-order valence-electron chi connectivity index (χ3n) is 3.78.